The van der Waals surface area contributed by atoms with Gasteiger partial charge >= 0.3 is 0 Å². The Morgan fingerprint density at radius 2 is 2.50 bits per heavy atom. The molecule has 0 saturated carbocycles. The normalized spacial score (nSPS) is 23.8. The fourth-order valence-corrected chi connectivity index (χ4v) is 4.02. The van der Waals surface area contributed by atoms with E-state index in [9.17, 15) is 0 Å². The SMILES string of the molecule is CCC1CCN(C(CN)c2cc(Br)cs2)C1. The van der Waals surface area contributed by atoms with Gasteiger partial charge in [-0.3, -0.25) is 4.90 Å². The molecule has 1 fully saturated rings. The molecule has 2 N–H and O–H groups in total. The number of halogens is 1. The third kappa shape index (κ3) is 2.67. The molecule has 2 nitrogen and oxygen atoms in total. The predicted octanol–water partition coefficient (Wildman–Crippen LogP) is 3.24. The summed E-state index contributed by atoms with van der Waals surface area (Å²) in [4.78, 5) is 3.94. The molecule has 16 heavy (non-hydrogen) atoms. The van der Waals surface area contributed by atoms with Crippen LogP contribution in [-0.2, 0) is 0 Å². The maximum Gasteiger partial charge on any atom is 0.0564 e. The van der Waals surface area contributed by atoms with Crippen molar-refractivity contribution in [3.63, 3.8) is 0 Å². The van der Waals surface area contributed by atoms with Crippen LogP contribution in [0.2, 0.25) is 0 Å². The van der Waals surface area contributed by atoms with Gasteiger partial charge in [-0.15, -0.1) is 11.3 Å². The smallest absolute Gasteiger partial charge is 0.0564 e. The molecule has 0 aromatic carbocycles. The van der Waals surface area contributed by atoms with E-state index < -0.39 is 0 Å². The van der Waals surface area contributed by atoms with Crippen molar-refractivity contribution in [3.8, 4) is 0 Å². The van der Waals surface area contributed by atoms with Crippen molar-refractivity contribution in [3.05, 3.63) is 20.8 Å². The first-order valence-electron chi connectivity index (χ1n) is 5.92. The van der Waals surface area contributed by atoms with Gasteiger partial charge in [0.1, 0.15) is 0 Å². The van der Waals surface area contributed by atoms with Crippen molar-refractivity contribution < 1.29 is 0 Å². The molecule has 2 atom stereocenters. The van der Waals surface area contributed by atoms with E-state index in [4.69, 9.17) is 5.73 Å². The van der Waals surface area contributed by atoms with Crippen molar-refractivity contribution in [2.45, 2.75) is 25.8 Å². The van der Waals surface area contributed by atoms with Crippen LogP contribution in [0.3, 0.4) is 0 Å². The fraction of sp³-hybridized carbons (Fsp3) is 0.667. The quantitative estimate of drug-likeness (QED) is 0.925. The summed E-state index contributed by atoms with van der Waals surface area (Å²) in [5.41, 5.74) is 5.93. The molecule has 0 bridgehead atoms. The van der Waals surface area contributed by atoms with Crippen LogP contribution in [0, 0.1) is 5.92 Å². The number of hydrogen-bond donors (Lipinski definition) is 1. The molecule has 1 aliphatic heterocycles. The van der Waals surface area contributed by atoms with Crippen LogP contribution in [0.1, 0.15) is 30.7 Å². The van der Waals surface area contributed by atoms with Crippen LogP contribution in [-0.4, -0.2) is 24.5 Å². The number of thiophene rings is 1. The van der Waals surface area contributed by atoms with Crippen LogP contribution < -0.4 is 5.73 Å². The summed E-state index contributed by atoms with van der Waals surface area (Å²) in [7, 11) is 0. The summed E-state index contributed by atoms with van der Waals surface area (Å²) in [5, 5.41) is 2.14. The second-order valence-electron chi connectivity index (χ2n) is 4.48. The molecule has 0 spiro atoms. The van der Waals surface area contributed by atoms with Crippen LogP contribution in [0.5, 0.6) is 0 Å². The Morgan fingerprint density at radius 1 is 1.69 bits per heavy atom. The molecule has 4 heteroatoms. The molecular weight excluding hydrogens is 284 g/mol. The lowest BCUT2D eigenvalue weighted by Gasteiger charge is -2.25. The van der Waals surface area contributed by atoms with E-state index in [-0.39, 0.29) is 0 Å². The predicted molar refractivity (Wildman–Crippen MR) is 73.8 cm³/mol. The van der Waals surface area contributed by atoms with E-state index in [0.717, 1.165) is 12.5 Å². The third-order valence-electron chi connectivity index (χ3n) is 3.47. The lowest BCUT2D eigenvalue weighted by molar-refractivity contribution is 0.244. The third-order valence-corrected chi connectivity index (χ3v) is 5.27. The number of likely N-dealkylation sites (tertiary alicyclic amines) is 1. The first-order valence-corrected chi connectivity index (χ1v) is 7.60. The van der Waals surface area contributed by atoms with Gasteiger partial charge in [0.25, 0.3) is 0 Å². The molecule has 0 aliphatic carbocycles. The highest BCUT2D eigenvalue weighted by Gasteiger charge is 2.28. The summed E-state index contributed by atoms with van der Waals surface area (Å²) < 4.78 is 1.18. The minimum atomic E-state index is 0.424. The standard InChI is InChI=1S/C12H19BrN2S/c1-2-9-3-4-15(7-9)11(6-14)12-5-10(13)8-16-12/h5,8-9,11H,2-4,6-7,14H2,1H3. The first kappa shape index (κ1) is 12.6. The van der Waals surface area contributed by atoms with E-state index in [2.05, 4.69) is 39.2 Å². The van der Waals surface area contributed by atoms with Gasteiger partial charge < -0.3 is 5.73 Å². The van der Waals surface area contributed by atoms with Gasteiger partial charge in [0.15, 0.2) is 0 Å². The fourth-order valence-electron chi connectivity index (χ4n) is 2.43. The summed E-state index contributed by atoms with van der Waals surface area (Å²) in [6.07, 6.45) is 2.63. The molecule has 1 aromatic rings. The number of rotatable bonds is 4. The minimum absolute atomic E-state index is 0.424. The molecule has 90 valence electrons. The number of nitrogens with two attached hydrogens (primary N) is 1. The summed E-state index contributed by atoms with van der Waals surface area (Å²) >= 11 is 5.32. The Labute approximate surface area is 110 Å². The highest BCUT2D eigenvalue weighted by Crippen LogP contribution is 2.32. The van der Waals surface area contributed by atoms with Gasteiger partial charge in [0.2, 0.25) is 0 Å². The molecule has 2 rings (SSSR count). The van der Waals surface area contributed by atoms with Crippen molar-refractivity contribution >= 4 is 27.3 Å². The highest BCUT2D eigenvalue weighted by atomic mass is 79.9. The Morgan fingerprint density at radius 3 is 3.00 bits per heavy atom. The van der Waals surface area contributed by atoms with Gasteiger partial charge in [-0.25, -0.2) is 0 Å². The lowest BCUT2D eigenvalue weighted by Crippen LogP contribution is -2.31. The van der Waals surface area contributed by atoms with Gasteiger partial charge in [-0.2, -0.15) is 0 Å². The van der Waals surface area contributed by atoms with Crippen molar-refractivity contribution in [2.24, 2.45) is 11.7 Å². The van der Waals surface area contributed by atoms with Crippen LogP contribution in [0.15, 0.2) is 15.9 Å². The maximum absolute atomic E-state index is 5.93. The van der Waals surface area contributed by atoms with E-state index >= 15 is 0 Å². The molecule has 1 aromatic heterocycles. The Balaban J connectivity index is 2.06. The lowest BCUT2D eigenvalue weighted by atomic mass is 10.1. The van der Waals surface area contributed by atoms with Crippen molar-refractivity contribution in [2.75, 3.05) is 19.6 Å². The van der Waals surface area contributed by atoms with E-state index in [1.54, 1.807) is 0 Å². The Hall–Kier alpha value is 0.1000. The topological polar surface area (TPSA) is 29.3 Å². The Bertz CT molecular complexity index is 340. The molecule has 1 aliphatic rings. The highest BCUT2D eigenvalue weighted by molar-refractivity contribution is 9.10. The summed E-state index contributed by atoms with van der Waals surface area (Å²) in [6, 6.07) is 2.63. The van der Waals surface area contributed by atoms with E-state index in [0.29, 0.717) is 6.04 Å². The van der Waals surface area contributed by atoms with E-state index in [1.165, 1.54) is 35.3 Å². The molecular formula is C12H19BrN2S. The zero-order valence-electron chi connectivity index (χ0n) is 9.66. The average molecular weight is 303 g/mol. The first-order chi connectivity index (χ1) is 7.74. The van der Waals surface area contributed by atoms with E-state index in [1.807, 2.05) is 11.3 Å². The van der Waals surface area contributed by atoms with Gasteiger partial charge in [-0.05, 0) is 40.9 Å². The average Bonchev–Trinajstić information content (AvgIpc) is 2.89. The second kappa shape index (κ2) is 5.63. The summed E-state index contributed by atoms with van der Waals surface area (Å²) in [6.45, 7) is 5.43. The van der Waals surface area contributed by atoms with Gasteiger partial charge in [0.05, 0.1) is 6.04 Å². The zero-order chi connectivity index (χ0) is 11.5. The van der Waals surface area contributed by atoms with Crippen LogP contribution in [0.25, 0.3) is 0 Å². The molecule has 0 amide bonds. The van der Waals surface area contributed by atoms with Crippen molar-refractivity contribution in [1.29, 1.82) is 0 Å². The molecule has 0 radical (unpaired) electrons. The second-order valence-corrected chi connectivity index (χ2v) is 6.34. The summed E-state index contributed by atoms with van der Waals surface area (Å²) in [5.74, 6) is 0.873. The van der Waals surface area contributed by atoms with Crippen LogP contribution >= 0.6 is 27.3 Å². The molecule has 1 saturated heterocycles. The maximum atomic E-state index is 5.93. The molecule has 2 heterocycles. The van der Waals surface area contributed by atoms with Gasteiger partial charge in [-0.1, -0.05) is 13.3 Å². The zero-order valence-corrected chi connectivity index (χ0v) is 12.1. The number of hydrogen-bond acceptors (Lipinski definition) is 3. The van der Waals surface area contributed by atoms with Crippen LogP contribution in [0.4, 0.5) is 0 Å². The molecule has 2 unspecified atom stereocenters. The minimum Gasteiger partial charge on any atom is -0.329 e. The Kier molecular flexibility index (Phi) is 4.41. The monoisotopic (exact) mass is 302 g/mol. The largest absolute Gasteiger partial charge is 0.329 e. The van der Waals surface area contributed by atoms with Gasteiger partial charge in [0, 0.05) is 27.8 Å². The van der Waals surface area contributed by atoms with Crippen molar-refractivity contribution in [1.82, 2.24) is 4.90 Å². The number of nitrogens with zero attached hydrogens (tertiary/aromatic N) is 1.